The summed E-state index contributed by atoms with van der Waals surface area (Å²) in [6.07, 6.45) is -0.592. The van der Waals surface area contributed by atoms with Crippen LogP contribution in [0.4, 0.5) is 5.69 Å². The molecular formula is C22H23NO2. The van der Waals surface area contributed by atoms with E-state index < -0.39 is 6.10 Å². The second-order valence-corrected chi connectivity index (χ2v) is 6.47. The van der Waals surface area contributed by atoms with Gasteiger partial charge in [0.25, 0.3) is 5.91 Å². The maximum atomic E-state index is 12.6. The summed E-state index contributed by atoms with van der Waals surface area (Å²) in [6.45, 7) is 6.00. The number of benzene rings is 3. The molecule has 0 aromatic heterocycles. The molecule has 25 heavy (non-hydrogen) atoms. The standard InChI is InChI=1S/C22H23NO2/c1-15(2)18-11-6-7-13-20(18)23-22(24)16(3)25-21-14-8-10-17-9-4-5-12-19(17)21/h4-16H,1-3H3,(H,23,24)/t16-/m0/s1. The molecule has 1 amide bonds. The van der Waals surface area contributed by atoms with Crippen molar-refractivity contribution in [2.45, 2.75) is 32.8 Å². The summed E-state index contributed by atoms with van der Waals surface area (Å²) in [5.41, 5.74) is 1.96. The van der Waals surface area contributed by atoms with E-state index >= 15 is 0 Å². The lowest BCUT2D eigenvalue weighted by Crippen LogP contribution is -2.30. The molecule has 0 heterocycles. The second-order valence-electron chi connectivity index (χ2n) is 6.47. The van der Waals surface area contributed by atoms with Crippen molar-refractivity contribution in [3.63, 3.8) is 0 Å². The number of carbonyl (C=O) groups excluding carboxylic acids is 1. The molecule has 0 aliphatic rings. The average Bonchev–Trinajstić information content (AvgIpc) is 2.62. The molecule has 3 nitrogen and oxygen atoms in total. The molecule has 0 unspecified atom stereocenters. The lowest BCUT2D eigenvalue weighted by molar-refractivity contribution is -0.122. The molecule has 0 fully saturated rings. The van der Waals surface area contributed by atoms with Gasteiger partial charge < -0.3 is 10.1 Å². The predicted molar refractivity (Wildman–Crippen MR) is 103 cm³/mol. The number of rotatable bonds is 5. The minimum atomic E-state index is -0.592. The van der Waals surface area contributed by atoms with E-state index in [-0.39, 0.29) is 5.91 Å². The van der Waals surface area contributed by atoms with Crippen LogP contribution in [0.1, 0.15) is 32.3 Å². The van der Waals surface area contributed by atoms with E-state index in [1.165, 1.54) is 0 Å². The summed E-state index contributed by atoms with van der Waals surface area (Å²) >= 11 is 0. The van der Waals surface area contributed by atoms with Crippen LogP contribution in [-0.2, 0) is 4.79 Å². The molecule has 1 atom stereocenters. The monoisotopic (exact) mass is 333 g/mol. The lowest BCUT2D eigenvalue weighted by atomic mass is 10.0. The Bertz CT molecular complexity index is 881. The maximum absolute atomic E-state index is 12.6. The Morgan fingerprint density at radius 1 is 0.880 bits per heavy atom. The minimum Gasteiger partial charge on any atom is -0.480 e. The van der Waals surface area contributed by atoms with Gasteiger partial charge in [-0.25, -0.2) is 0 Å². The first kappa shape index (κ1) is 17.0. The highest BCUT2D eigenvalue weighted by Gasteiger charge is 2.17. The van der Waals surface area contributed by atoms with Gasteiger partial charge >= 0.3 is 0 Å². The van der Waals surface area contributed by atoms with Gasteiger partial charge in [-0.05, 0) is 35.9 Å². The largest absolute Gasteiger partial charge is 0.480 e. The minimum absolute atomic E-state index is 0.152. The zero-order valence-electron chi connectivity index (χ0n) is 14.8. The number of carbonyl (C=O) groups is 1. The summed E-state index contributed by atoms with van der Waals surface area (Å²) in [5, 5.41) is 5.10. The van der Waals surface area contributed by atoms with Gasteiger partial charge in [-0.3, -0.25) is 4.79 Å². The molecule has 1 N–H and O–H groups in total. The van der Waals surface area contributed by atoms with Gasteiger partial charge in [-0.15, -0.1) is 0 Å². The van der Waals surface area contributed by atoms with Crippen molar-refractivity contribution in [3.05, 3.63) is 72.3 Å². The van der Waals surface area contributed by atoms with Crippen LogP contribution in [0.3, 0.4) is 0 Å². The van der Waals surface area contributed by atoms with Gasteiger partial charge in [0.2, 0.25) is 0 Å². The Balaban J connectivity index is 1.77. The van der Waals surface area contributed by atoms with Crippen LogP contribution in [0.25, 0.3) is 10.8 Å². The molecule has 3 heteroatoms. The third kappa shape index (κ3) is 3.82. The van der Waals surface area contributed by atoms with Crippen molar-refractivity contribution in [2.24, 2.45) is 0 Å². The van der Waals surface area contributed by atoms with E-state index in [0.717, 1.165) is 27.8 Å². The van der Waals surface area contributed by atoms with Gasteiger partial charge in [0.05, 0.1) is 0 Å². The van der Waals surface area contributed by atoms with Crippen LogP contribution < -0.4 is 10.1 Å². The highest BCUT2D eigenvalue weighted by Crippen LogP contribution is 2.27. The Kier molecular flexibility index (Phi) is 5.03. The van der Waals surface area contributed by atoms with E-state index in [1.807, 2.05) is 66.7 Å². The highest BCUT2D eigenvalue weighted by atomic mass is 16.5. The molecule has 0 bridgehead atoms. The number of anilines is 1. The van der Waals surface area contributed by atoms with E-state index in [2.05, 4.69) is 19.2 Å². The quantitative estimate of drug-likeness (QED) is 0.682. The topological polar surface area (TPSA) is 38.3 Å². The predicted octanol–water partition coefficient (Wildman–Crippen LogP) is 5.37. The summed E-state index contributed by atoms with van der Waals surface area (Å²) < 4.78 is 5.95. The number of hydrogen-bond donors (Lipinski definition) is 1. The van der Waals surface area contributed by atoms with Crippen molar-refractivity contribution in [2.75, 3.05) is 5.32 Å². The van der Waals surface area contributed by atoms with Crippen LogP contribution in [0.2, 0.25) is 0 Å². The van der Waals surface area contributed by atoms with E-state index in [1.54, 1.807) is 6.92 Å². The van der Waals surface area contributed by atoms with Gasteiger partial charge in [-0.2, -0.15) is 0 Å². The number of hydrogen-bond acceptors (Lipinski definition) is 2. The van der Waals surface area contributed by atoms with Gasteiger partial charge in [0.1, 0.15) is 5.75 Å². The molecule has 128 valence electrons. The van der Waals surface area contributed by atoms with Gasteiger partial charge in [0.15, 0.2) is 6.10 Å². The van der Waals surface area contributed by atoms with Crippen LogP contribution in [0.15, 0.2) is 66.7 Å². The van der Waals surface area contributed by atoms with Crippen LogP contribution in [-0.4, -0.2) is 12.0 Å². The Morgan fingerprint density at radius 2 is 1.56 bits per heavy atom. The first-order valence-corrected chi connectivity index (χ1v) is 8.60. The molecular weight excluding hydrogens is 310 g/mol. The fraction of sp³-hybridized carbons (Fsp3) is 0.227. The molecule has 0 saturated carbocycles. The lowest BCUT2D eigenvalue weighted by Gasteiger charge is -2.18. The molecule has 0 radical (unpaired) electrons. The van der Waals surface area contributed by atoms with Crippen LogP contribution in [0, 0.1) is 0 Å². The summed E-state index contributed by atoms with van der Waals surface area (Å²) in [6, 6.07) is 21.8. The third-order valence-corrected chi connectivity index (χ3v) is 4.26. The maximum Gasteiger partial charge on any atom is 0.265 e. The number of fused-ring (bicyclic) bond motifs is 1. The number of amides is 1. The number of para-hydroxylation sites is 1. The summed E-state index contributed by atoms with van der Waals surface area (Å²) in [5.74, 6) is 0.907. The highest BCUT2D eigenvalue weighted by molar-refractivity contribution is 5.95. The average molecular weight is 333 g/mol. The normalized spacial score (nSPS) is 12.2. The van der Waals surface area contributed by atoms with E-state index in [4.69, 9.17) is 4.74 Å². The summed E-state index contributed by atoms with van der Waals surface area (Å²) in [7, 11) is 0. The van der Waals surface area contributed by atoms with E-state index in [9.17, 15) is 4.79 Å². The Hall–Kier alpha value is -2.81. The second kappa shape index (κ2) is 7.39. The van der Waals surface area contributed by atoms with Crippen molar-refractivity contribution in [3.8, 4) is 5.75 Å². The molecule has 0 aliphatic carbocycles. The molecule has 0 spiro atoms. The Morgan fingerprint density at radius 3 is 2.36 bits per heavy atom. The van der Waals surface area contributed by atoms with Crippen molar-refractivity contribution >= 4 is 22.4 Å². The zero-order chi connectivity index (χ0) is 17.8. The molecule has 3 aromatic carbocycles. The molecule has 3 aromatic rings. The van der Waals surface area contributed by atoms with Crippen molar-refractivity contribution < 1.29 is 9.53 Å². The van der Waals surface area contributed by atoms with Gasteiger partial charge in [-0.1, -0.05) is 68.4 Å². The van der Waals surface area contributed by atoms with Crippen LogP contribution in [0.5, 0.6) is 5.75 Å². The van der Waals surface area contributed by atoms with Gasteiger partial charge in [0, 0.05) is 11.1 Å². The molecule has 3 rings (SSSR count). The third-order valence-electron chi connectivity index (χ3n) is 4.26. The van der Waals surface area contributed by atoms with Crippen LogP contribution >= 0.6 is 0 Å². The fourth-order valence-electron chi connectivity index (χ4n) is 2.89. The summed E-state index contributed by atoms with van der Waals surface area (Å²) in [4.78, 5) is 12.6. The zero-order valence-corrected chi connectivity index (χ0v) is 14.8. The first-order chi connectivity index (χ1) is 12.1. The Labute approximate surface area is 148 Å². The van der Waals surface area contributed by atoms with E-state index in [0.29, 0.717) is 5.92 Å². The first-order valence-electron chi connectivity index (χ1n) is 8.60. The smallest absolute Gasteiger partial charge is 0.265 e. The number of ether oxygens (including phenoxy) is 1. The SMILES string of the molecule is CC(C)c1ccccc1NC(=O)[C@H](C)Oc1cccc2ccccc12. The van der Waals surface area contributed by atoms with Crippen molar-refractivity contribution in [1.82, 2.24) is 0 Å². The molecule has 0 aliphatic heterocycles. The number of nitrogens with one attached hydrogen (secondary N) is 1. The fourth-order valence-corrected chi connectivity index (χ4v) is 2.89. The van der Waals surface area contributed by atoms with Crippen molar-refractivity contribution in [1.29, 1.82) is 0 Å². The molecule has 0 saturated heterocycles.